The molecule has 3 nitrogen and oxygen atoms in total. The van der Waals surface area contributed by atoms with Crippen molar-refractivity contribution in [3.63, 3.8) is 0 Å². The van der Waals surface area contributed by atoms with Crippen LogP contribution in [-0.2, 0) is 17.7 Å². The van der Waals surface area contributed by atoms with Crippen molar-refractivity contribution in [3.8, 4) is 0 Å². The highest BCUT2D eigenvalue weighted by Gasteiger charge is 2.17. The molecular weight excluding hydrogens is 256 g/mol. The zero-order valence-electron chi connectivity index (χ0n) is 13.2. The molecule has 1 unspecified atom stereocenters. The predicted molar refractivity (Wildman–Crippen MR) is 82.7 cm³/mol. The van der Waals surface area contributed by atoms with Crippen LogP contribution in [0.25, 0.3) is 0 Å². The lowest BCUT2D eigenvalue weighted by molar-refractivity contribution is 0.0761. The number of aryl methyl sites for hydroxylation is 1. The molecule has 0 aliphatic carbocycles. The number of thiazole rings is 1. The second kappa shape index (κ2) is 7.36. The van der Waals surface area contributed by atoms with Gasteiger partial charge in [0.15, 0.2) is 0 Å². The molecule has 0 aromatic carbocycles. The standard InChI is InChI=1S/C15H28N2OS/c1-7-9-12-13(10-16-15(4,5)6)19-14(17-12)11(3)18-8-2/h11,16H,7-10H2,1-6H3. The molecule has 0 aliphatic rings. The molecule has 0 spiro atoms. The SMILES string of the molecule is CCCc1nc(C(C)OCC)sc1CNC(C)(C)C. The number of nitrogens with one attached hydrogen (secondary N) is 1. The van der Waals surface area contributed by atoms with Gasteiger partial charge in [-0.2, -0.15) is 0 Å². The average molecular weight is 284 g/mol. The van der Waals surface area contributed by atoms with Crippen molar-refractivity contribution >= 4 is 11.3 Å². The van der Waals surface area contributed by atoms with Gasteiger partial charge in [0.2, 0.25) is 0 Å². The third kappa shape index (κ3) is 5.59. The topological polar surface area (TPSA) is 34.1 Å². The molecule has 0 aliphatic heterocycles. The number of nitrogens with zero attached hydrogens (tertiary/aromatic N) is 1. The molecule has 19 heavy (non-hydrogen) atoms. The third-order valence-corrected chi connectivity index (χ3v) is 4.08. The number of hydrogen-bond donors (Lipinski definition) is 1. The Balaban J connectivity index is 2.82. The molecule has 0 amide bonds. The van der Waals surface area contributed by atoms with E-state index in [1.54, 1.807) is 11.3 Å². The van der Waals surface area contributed by atoms with Crippen LogP contribution in [0.15, 0.2) is 0 Å². The summed E-state index contributed by atoms with van der Waals surface area (Å²) in [6.07, 6.45) is 2.29. The first-order chi connectivity index (χ1) is 8.87. The molecule has 0 fully saturated rings. The van der Waals surface area contributed by atoms with Crippen molar-refractivity contribution in [2.45, 2.75) is 72.6 Å². The van der Waals surface area contributed by atoms with Gasteiger partial charge in [-0.15, -0.1) is 11.3 Å². The summed E-state index contributed by atoms with van der Waals surface area (Å²) in [6.45, 7) is 14.5. The maximum Gasteiger partial charge on any atom is 0.122 e. The van der Waals surface area contributed by atoms with Crippen molar-refractivity contribution in [2.24, 2.45) is 0 Å². The summed E-state index contributed by atoms with van der Waals surface area (Å²) in [7, 11) is 0. The Labute approximate surface area is 121 Å². The average Bonchev–Trinajstić information content (AvgIpc) is 2.70. The lowest BCUT2D eigenvalue weighted by Crippen LogP contribution is -2.35. The van der Waals surface area contributed by atoms with Gasteiger partial charge in [0.05, 0.1) is 5.69 Å². The molecule has 1 rings (SSSR count). The van der Waals surface area contributed by atoms with E-state index in [0.29, 0.717) is 0 Å². The molecule has 1 atom stereocenters. The first-order valence-electron chi connectivity index (χ1n) is 7.22. The number of hydrogen-bond acceptors (Lipinski definition) is 4. The fraction of sp³-hybridized carbons (Fsp3) is 0.800. The Bertz CT molecular complexity index is 382. The summed E-state index contributed by atoms with van der Waals surface area (Å²) >= 11 is 1.79. The molecule has 0 bridgehead atoms. The maximum atomic E-state index is 5.65. The van der Waals surface area contributed by atoms with E-state index in [1.165, 1.54) is 10.6 Å². The van der Waals surface area contributed by atoms with Crippen LogP contribution in [0, 0.1) is 0 Å². The Hall–Kier alpha value is -0.450. The van der Waals surface area contributed by atoms with Crippen molar-refractivity contribution in [3.05, 3.63) is 15.6 Å². The van der Waals surface area contributed by atoms with Crippen LogP contribution < -0.4 is 5.32 Å². The van der Waals surface area contributed by atoms with Gasteiger partial charge in [0, 0.05) is 23.6 Å². The highest BCUT2D eigenvalue weighted by Crippen LogP contribution is 2.27. The van der Waals surface area contributed by atoms with Gasteiger partial charge in [-0.1, -0.05) is 13.3 Å². The largest absolute Gasteiger partial charge is 0.372 e. The van der Waals surface area contributed by atoms with Crippen LogP contribution in [0.1, 0.15) is 69.6 Å². The van der Waals surface area contributed by atoms with Crippen LogP contribution in [-0.4, -0.2) is 17.1 Å². The van der Waals surface area contributed by atoms with Crippen molar-refractivity contribution < 1.29 is 4.74 Å². The molecular formula is C15H28N2OS. The molecule has 110 valence electrons. The molecule has 0 saturated heterocycles. The van der Waals surface area contributed by atoms with Gasteiger partial charge in [-0.3, -0.25) is 0 Å². The van der Waals surface area contributed by atoms with Gasteiger partial charge in [0.1, 0.15) is 11.1 Å². The first-order valence-corrected chi connectivity index (χ1v) is 8.04. The van der Waals surface area contributed by atoms with E-state index in [1.807, 2.05) is 6.92 Å². The fourth-order valence-electron chi connectivity index (χ4n) is 1.81. The van der Waals surface area contributed by atoms with Gasteiger partial charge < -0.3 is 10.1 Å². The molecule has 1 N–H and O–H groups in total. The monoisotopic (exact) mass is 284 g/mol. The van der Waals surface area contributed by atoms with Crippen molar-refractivity contribution in [1.82, 2.24) is 10.3 Å². The van der Waals surface area contributed by atoms with Crippen LogP contribution in [0.2, 0.25) is 0 Å². The van der Waals surface area contributed by atoms with Crippen LogP contribution in [0.5, 0.6) is 0 Å². The lowest BCUT2D eigenvalue weighted by Gasteiger charge is -2.20. The van der Waals surface area contributed by atoms with Crippen molar-refractivity contribution in [1.29, 1.82) is 0 Å². The van der Waals surface area contributed by atoms with E-state index in [-0.39, 0.29) is 11.6 Å². The van der Waals surface area contributed by atoms with Gasteiger partial charge in [-0.25, -0.2) is 4.98 Å². The molecule has 0 radical (unpaired) electrons. The van der Waals surface area contributed by atoms with Gasteiger partial charge >= 0.3 is 0 Å². The Morgan fingerprint density at radius 2 is 2.00 bits per heavy atom. The van der Waals surface area contributed by atoms with Crippen LogP contribution >= 0.6 is 11.3 Å². The summed E-state index contributed by atoms with van der Waals surface area (Å²) in [5.41, 5.74) is 1.38. The molecule has 1 aromatic heterocycles. The lowest BCUT2D eigenvalue weighted by atomic mass is 10.1. The van der Waals surface area contributed by atoms with Crippen LogP contribution in [0.4, 0.5) is 0 Å². The summed E-state index contributed by atoms with van der Waals surface area (Å²) in [4.78, 5) is 6.13. The minimum Gasteiger partial charge on any atom is -0.372 e. The van der Waals surface area contributed by atoms with E-state index in [2.05, 4.69) is 39.9 Å². The predicted octanol–water partition coefficient (Wildman–Crippen LogP) is 4.08. The second-order valence-electron chi connectivity index (χ2n) is 5.87. The smallest absolute Gasteiger partial charge is 0.122 e. The van der Waals surface area contributed by atoms with Crippen LogP contribution in [0.3, 0.4) is 0 Å². The van der Waals surface area contributed by atoms with E-state index < -0.39 is 0 Å². The fourth-order valence-corrected chi connectivity index (χ4v) is 2.87. The quantitative estimate of drug-likeness (QED) is 0.819. The first kappa shape index (κ1) is 16.6. The molecule has 0 saturated carbocycles. The Kier molecular flexibility index (Phi) is 6.43. The maximum absolute atomic E-state index is 5.65. The summed E-state index contributed by atoms with van der Waals surface area (Å²) in [5, 5.41) is 4.66. The van der Waals surface area contributed by atoms with E-state index in [0.717, 1.165) is 31.0 Å². The highest BCUT2D eigenvalue weighted by atomic mass is 32.1. The Morgan fingerprint density at radius 1 is 1.32 bits per heavy atom. The summed E-state index contributed by atoms with van der Waals surface area (Å²) in [5.74, 6) is 0. The van der Waals surface area contributed by atoms with E-state index >= 15 is 0 Å². The summed E-state index contributed by atoms with van der Waals surface area (Å²) < 4.78 is 5.65. The zero-order valence-corrected chi connectivity index (χ0v) is 14.0. The molecule has 4 heteroatoms. The zero-order chi connectivity index (χ0) is 14.5. The van der Waals surface area contributed by atoms with E-state index in [9.17, 15) is 0 Å². The summed E-state index contributed by atoms with van der Waals surface area (Å²) in [6, 6.07) is 0. The van der Waals surface area contributed by atoms with Crippen molar-refractivity contribution in [2.75, 3.05) is 6.61 Å². The molecule has 1 aromatic rings. The number of ether oxygens (including phenoxy) is 1. The van der Waals surface area contributed by atoms with Gasteiger partial charge in [-0.05, 0) is 41.0 Å². The third-order valence-electron chi connectivity index (χ3n) is 2.83. The molecule has 1 heterocycles. The number of rotatable bonds is 7. The van der Waals surface area contributed by atoms with Gasteiger partial charge in [0.25, 0.3) is 0 Å². The minimum atomic E-state index is 0.106. The highest BCUT2D eigenvalue weighted by molar-refractivity contribution is 7.11. The minimum absolute atomic E-state index is 0.106. The Morgan fingerprint density at radius 3 is 2.53 bits per heavy atom. The van der Waals surface area contributed by atoms with E-state index in [4.69, 9.17) is 9.72 Å². The number of aromatic nitrogens is 1. The second-order valence-corrected chi connectivity index (χ2v) is 6.99. The normalized spacial score (nSPS) is 13.8.